The van der Waals surface area contributed by atoms with E-state index in [1.165, 1.54) is 11.1 Å². The van der Waals surface area contributed by atoms with Crippen molar-refractivity contribution in [3.05, 3.63) is 53.5 Å². The molecule has 2 aromatic rings. The van der Waals surface area contributed by atoms with Gasteiger partial charge in [-0.05, 0) is 17.5 Å². The van der Waals surface area contributed by atoms with E-state index in [4.69, 9.17) is 4.74 Å². The highest BCUT2D eigenvalue weighted by Crippen LogP contribution is 2.19. The lowest BCUT2D eigenvalue weighted by molar-refractivity contribution is 0.0398. The Labute approximate surface area is 159 Å². The van der Waals surface area contributed by atoms with Gasteiger partial charge in [-0.2, -0.15) is 0 Å². The SMILES string of the molecule is O=C(c1cnc(NCCN2CCOCC2)cn1)N1CCc2ccccc2C1. The predicted octanol–water partition coefficient (Wildman–Crippen LogP) is 1.42. The molecule has 2 aliphatic heterocycles. The quantitative estimate of drug-likeness (QED) is 0.862. The molecule has 0 unspecified atom stereocenters. The first-order valence-corrected chi connectivity index (χ1v) is 9.52. The maximum atomic E-state index is 12.7. The van der Waals surface area contributed by atoms with E-state index in [2.05, 4.69) is 32.3 Å². The molecular formula is C20H25N5O2. The predicted molar refractivity (Wildman–Crippen MR) is 103 cm³/mol. The molecular weight excluding hydrogens is 342 g/mol. The molecule has 3 heterocycles. The van der Waals surface area contributed by atoms with Gasteiger partial charge in [-0.15, -0.1) is 0 Å². The lowest BCUT2D eigenvalue weighted by Gasteiger charge is -2.28. The Morgan fingerprint density at radius 1 is 1.07 bits per heavy atom. The van der Waals surface area contributed by atoms with Crippen LogP contribution in [-0.4, -0.2) is 71.6 Å². The van der Waals surface area contributed by atoms with E-state index in [1.54, 1.807) is 12.4 Å². The van der Waals surface area contributed by atoms with Gasteiger partial charge in [0, 0.05) is 39.3 Å². The molecule has 1 saturated heterocycles. The molecule has 0 radical (unpaired) electrons. The van der Waals surface area contributed by atoms with Crippen molar-refractivity contribution in [1.82, 2.24) is 19.8 Å². The zero-order valence-corrected chi connectivity index (χ0v) is 15.4. The highest BCUT2D eigenvalue weighted by molar-refractivity contribution is 5.92. The zero-order chi connectivity index (χ0) is 18.5. The highest BCUT2D eigenvalue weighted by Gasteiger charge is 2.22. The standard InChI is InChI=1S/C20H25N5O2/c26-20(25-7-5-16-3-1-2-4-17(16)15-25)18-13-23-19(14-22-18)21-6-8-24-9-11-27-12-10-24/h1-4,13-14H,5-12,15H2,(H,21,23). The molecule has 0 spiro atoms. The van der Waals surface area contributed by atoms with Crippen LogP contribution < -0.4 is 5.32 Å². The summed E-state index contributed by atoms with van der Waals surface area (Å²) in [5.41, 5.74) is 2.94. The van der Waals surface area contributed by atoms with Crippen molar-refractivity contribution in [3.63, 3.8) is 0 Å². The van der Waals surface area contributed by atoms with Gasteiger partial charge in [-0.3, -0.25) is 9.69 Å². The molecule has 7 heteroatoms. The number of carbonyl (C=O) groups is 1. The number of hydrogen-bond donors (Lipinski definition) is 1. The number of fused-ring (bicyclic) bond motifs is 1. The topological polar surface area (TPSA) is 70.6 Å². The molecule has 142 valence electrons. The van der Waals surface area contributed by atoms with Crippen molar-refractivity contribution in [3.8, 4) is 0 Å². The van der Waals surface area contributed by atoms with Crippen molar-refractivity contribution < 1.29 is 9.53 Å². The summed E-state index contributed by atoms with van der Waals surface area (Å²) in [5, 5.41) is 3.27. The first-order valence-electron chi connectivity index (χ1n) is 9.52. The summed E-state index contributed by atoms with van der Waals surface area (Å²) in [4.78, 5) is 25.6. The number of rotatable bonds is 5. The van der Waals surface area contributed by atoms with Crippen LogP contribution in [0.25, 0.3) is 0 Å². The fourth-order valence-electron chi connectivity index (χ4n) is 3.53. The number of anilines is 1. The molecule has 0 bridgehead atoms. The van der Waals surface area contributed by atoms with Crippen LogP contribution in [-0.2, 0) is 17.7 Å². The minimum absolute atomic E-state index is 0.0585. The molecule has 1 N–H and O–H groups in total. The summed E-state index contributed by atoms with van der Waals surface area (Å²) in [7, 11) is 0. The fraction of sp³-hybridized carbons (Fsp3) is 0.450. The van der Waals surface area contributed by atoms with Gasteiger partial charge in [-0.25, -0.2) is 9.97 Å². The van der Waals surface area contributed by atoms with Gasteiger partial charge in [0.25, 0.3) is 5.91 Å². The van der Waals surface area contributed by atoms with Crippen molar-refractivity contribution >= 4 is 11.7 Å². The molecule has 0 aliphatic carbocycles. The van der Waals surface area contributed by atoms with Gasteiger partial charge in [0.2, 0.25) is 0 Å². The average molecular weight is 367 g/mol. The second-order valence-corrected chi connectivity index (χ2v) is 6.91. The van der Waals surface area contributed by atoms with Gasteiger partial charge < -0.3 is 15.0 Å². The van der Waals surface area contributed by atoms with E-state index in [9.17, 15) is 4.79 Å². The Balaban J connectivity index is 1.30. The van der Waals surface area contributed by atoms with Crippen molar-refractivity contribution in [2.75, 3.05) is 51.3 Å². The van der Waals surface area contributed by atoms with E-state index in [1.807, 2.05) is 17.0 Å². The molecule has 0 saturated carbocycles. The maximum Gasteiger partial charge on any atom is 0.274 e. The van der Waals surface area contributed by atoms with Gasteiger partial charge in [0.1, 0.15) is 11.5 Å². The Kier molecular flexibility index (Phi) is 5.60. The molecule has 7 nitrogen and oxygen atoms in total. The first-order chi connectivity index (χ1) is 13.3. The van der Waals surface area contributed by atoms with Crippen LogP contribution in [0.3, 0.4) is 0 Å². The van der Waals surface area contributed by atoms with Crippen molar-refractivity contribution in [2.24, 2.45) is 0 Å². The third-order valence-electron chi connectivity index (χ3n) is 5.13. The summed E-state index contributed by atoms with van der Waals surface area (Å²) in [6, 6.07) is 8.28. The first kappa shape index (κ1) is 17.9. The smallest absolute Gasteiger partial charge is 0.274 e. The normalized spacial score (nSPS) is 17.4. The summed E-state index contributed by atoms with van der Waals surface area (Å²) < 4.78 is 5.35. The fourth-order valence-corrected chi connectivity index (χ4v) is 3.53. The van der Waals surface area contributed by atoms with Gasteiger partial charge >= 0.3 is 0 Å². The lowest BCUT2D eigenvalue weighted by Crippen LogP contribution is -2.39. The van der Waals surface area contributed by atoms with E-state index in [0.717, 1.165) is 52.4 Å². The van der Waals surface area contributed by atoms with E-state index in [0.29, 0.717) is 18.1 Å². The number of ether oxygens (including phenoxy) is 1. The zero-order valence-electron chi connectivity index (χ0n) is 15.4. The molecule has 1 aromatic carbocycles. The lowest BCUT2D eigenvalue weighted by atomic mass is 10.00. The van der Waals surface area contributed by atoms with E-state index in [-0.39, 0.29) is 5.91 Å². The number of benzene rings is 1. The number of amides is 1. The van der Waals surface area contributed by atoms with E-state index < -0.39 is 0 Å². The van der Waals surface area contributed by atoms with Crippen LogP contribution >= 0.6 is 0 Å². The maximum absolute atomic E-state index is 12.7. The number of morpholine rings is 1. The Hall–Kier alpha value is -2.51. The summed E-state index contributed by atoms with van der Waals surface area (Å²) in [6.07, 6.45) is 4.10. The van der Waals surface area contributed by atoms with Gasteiger partial charge in [0.15, 0.2) is 0 Å². The third-order valence-corrected chi connectivity index (χ3v) is 5.13. The Morgan fingerprint density at radius 2 is 1.89 bits per heavy atom. The summed E-state index contributed by atoms with van der Waals surface area (Å²) in [6.45, 7) is 6.64. The van der Waals surface area contributed by atoms with Crippen LogP contribution in [0, 0.1) is 0 Å². The Bertz CT molecular complexity index is 774. The van der Waals surface area contributed by atoms with Crippen LogP contribution in [0.4, 0.5) is 5.82 Å². The van der Waals surface area contributed by atoms with Gasteiger partial charge in [-0.1, -0.05) is 24.3 Å². The minimum Gasteiger partial charge on any atom is -0.379 e. The number of nitrogens with one attached hydrogen (secondary N) is 1. The molecule has 1 amide bonds. The second-order valence-electron chi connectivity index (χ2n) is 6.91. The van der Waals surface area contributed by atoms with Crippen LogP contribution in [0.2, 0.25) is 0 Å². The Morgan fingerprint density at radius 3 is 2.67 bits per heavy atom. The molecule has 1 aromatic heterocycles. The van der Waals surface area contributed by atoms with Crippen LogP contribution in [0.15, 0.2) is 36.7 Å². The van der Waals surface area contributed by atoms with Gasteiger partial charge in [0.05, 0.1) is 25.6 Å². The number of carbonyl (C=O) groups excluding carboxylic acids is 1. The molecule has 27 heavy (non-hydrogen) atoms. The monoisotopic (exact) mass is 367 g/mol. The number of aromatic nitrogens is 2. The highest BCUT2D eigenvalue weighted by atomic mass is 16.5. The van der Waals surface area contributed by atoms with Crippen molar-refractivity contribution in [1.29, 1.82) is 0 Å². The summed E-state index contributed by atoms with van der Waals surface area (Å²) >= 11 is 0. The molecule has 4 rings (SSSR count). The largest absolute Gasteiger partial charge is 0.379 e. The van der Waals surface area contributed by atoms with Crippen LogP contribution in [0.1, 0.15) is 21.6 Å². The molecule has 1 fully saturated rings. The van der Waals surface area contributed by atoms with Crippen LogP contribution in [0.5, 0.6) is 0 Å². The summed E-state index contributed by atoms with van der Waals surface area (Å²) in [5.74, 6) is 0.640. The third kappa shape index (κ3) is 4.43. The number of nitrogens with zero attached hydrogens (tertiary/aromatic N) is 4. The minimum atomic E-state index is -0.0585. The average Bonchev–Trinajstić information content (AvgIpc) is 2.74. The van der Waals surface area contributed by atoms with E-state index >= 15 is 0 Å². The number of hydrogen-bond acceptors (Lipinski definition) is 6. The van der Waals surface area contributed by atoms with Crippen molar-refractivity contribution in [2.45, 2.75) is 13.0 Å². The molecule has 2 aliphatic rings. The molecule has 0 atom stereocenters. The second kappa shape index (κ2) is 8.45.